The van der Waals surface area contributed by atoms with E-state index in [4.69, 9.17) is 9.05 Å². The Hall–Kier alpha value is -2.81. The van der Waals surface area contributed by atoms with Gasteiger partial charge in [-0.3, -0.25) is 4.89 Å². The number of fused-ring (bicyclic) bond motifs is 7. The van der Waals surface area contributed by atoms with Crippen LogP contribution in [0.25, 0.3) is 32.7 Å². The average Bonchev–Trinajstić information content (AvgIpc) is 3.13. The second-order valence-corrected chi connectivity index (χ2v) is 13.6. The predicted molar refractivity (Wildman–Crippen MR) is 181 cm³/mol. The van der Waals surface area contributed by atoms with Gasteiger partial charge in [0.15, 0.2) is 0 Å². The Morgan fingerprint density at radius 2 is 0.930 bits per heavy atom. The highest BCUT2D eigenvalue weighted by molar-refractivity contribution is 7.48. The first-order chi connectivity index (χ1) is 21.0. The molecule has 1 aliphatic heterocycles. The molecule has 0 amide bonds. The molecule has 0 fully saturated rings. The average molecular weight is 601 g/mol. The molecule has 0 aromatic heterocycles. The summed E-state index contributed by atoms with van der Waals surface area (Å²) in [6.45, 7) is 4.49. The molecule has 5 rings (SSSR count). The summed E-state index contributed by atoms with van der Waals surface area (Å²) in [5.74, 6) is 1.01. The summed E-state index contributed by atoms with van der Waals surface area (Å²) in [6, 6.07) is 21.0. The Morgan fingerprint density at radius 1 is 0.558 bits per heavy atom. The standard InChI is InChI=1S/C38H49O4P/c1-3-5-7-9-11-13-15-23-31-27-29-21-17-19-25-33(29)35-36-34-26-20-18-22-30(34)28-32(24-16-14-12-10-8-6-4-2)38(36)42-43(39,40)41-37(31)35/h17-22,25-28H,3-16,23-24H2,1-2H3,(H,39,40). The van der Waals surface area contributed by atoms with Gasteiger partial charge >= 0.3 is 7.82 Å². The van der Waals surface area contributed by atoms with Crippen LogP contribution in [0, 0.1) is 0 Å². The largest absolute Gasteiger partial charge is 0.584 e. The van der Waals surface area contributed by atoms with Crippen LogP contribution in [0.1, 0.15) is 115 Å². The Labute approximate surface area is 258 Å². The molecule has 1 aliphatic rings. The van der Waals surface area contributed by atoms with Gasteiger partial charge in [0.2, 0.25) is 0 Å². The molecule has 5 heteroatoms. The number of unbranched alkanes of at least 4 members (excludes halogenated alkanes) is 12. The van der Waals surface area contributed by atoms with Crippen LogP contribution in [-0.2, 0) is 17.4 Å². The smallest absolute Gasteiger partial charge is 0.394 e. The van der Waals surface area contributed by atoms with Crippen molar-refractivity contribution in [3.8, 4) is 22.6 Å². The zero-order chi connectivity index (χ0) is 30.1. The van der Waals surface area contributed by atoms with Crippen LogP contribution in [0.4, 0.5) is 0 Å². The molecule has 1 N–H and O–H groups in total. The summed E-state index contributed by atoms with van der Waals surface area (Å²) >= 11 is 0. The summed E-state index contributed by atoms with van der Waals surface area (Å²) in [4.78, 5) is 11.1. The van der Waals surface area contributed by atoms with Crippen molar-refractivity contribution < 1.29 is 18.5 Å². The summed E-state index contributed by atoms with van der Waals surface area (Å²) < 4.78 is 25.7. The van der Waals surface area contributed by atoms with Crippen molar-refractivity contribution in [3.05, 3.63) is 71.8 Å². The lowest BCUT2D eigenvalue weighted by Gasteiger charge is -2.18. The van der Waals surface area contributed by atoms with Crippen molar-refractivity contribution in [2.45, 2.75) is 117 Å². The van der Waals surface area contributed by atoms with Crippen LogP contribution in [0.2, 0.25) is 0 Å². The summed E-state index contributed by atoms with van der Waals surface area (Å²) in [7, 11) is -4.42. The van der Waals surface area contributed by atoms with Gasteiger partial charge in [-0.25, -0.2) is 4.57 Å². The lowest BCUT2D eigenvalue weighted by Crippen LogP contribution is -2.02. The first-order valence-corrected chi connectivity index (χ1v) is 18.3. The third kappa shape index (κ3) is 7.83. The molecule has 4 aromatic rings. The third-order valence-corrected chi connectivity index (χ3v) is 9.75. The molecule has 0 bridgehead atoms. The topological polar surface area (TPSA) is 55.8 Å². The number of aryl methyl sites for hydroxylation is 2. The number of phosphoric acid groups is 1. The summed E-state index contributed by atoms with van der Waals surface area (Å²) in [5, 5.41) is 4.27. The zero-order valence-corrected chi connectivity index (χ0v) is 27.1. The van der Waals surface area contributed by atoms with Crippen LogP contribution in [-0.4, -0.2) is 4.89 Å². The fourth-order valence-electron chi connectivity index (χ4n) is 6.64. The molecule has 0 radical (unpaired) electrons. The van der Waals surface area contributed by atoms with Crippen LogP contribution in [0.5, 0.6) is 11.5 Å². The fourth-order valence-corrected chi connectivity index (χ4v) is 7.56. The van der Waals surface area contributed by atoms with E-state index in [0.29, 0.717) is 11.5 Å². The second kappa shape index (κ2) is 15.3. The first kappa shape index (κ1) is 31.6. The van der Waals surface area contributed by atoms with E-state index in [9.17, 15) is 9.46 Å². The fraction of sp³-hybridized carbons (Fsp3) is 0.474. The van der Waals surface area contributed by atoms with Gasteiger partial charge < -0.3 is 9.05 Å². The highest BCUT2D eigenvalue weighted by Crippen LogP contribution is 2.59. The number of benzene rings is 4. The highest BCUT2D eigenvalue weighted by atomic mass is 31.2. The van der Waals surface area contributed by atoms with E-state index in [1.165, 1.54) is 64.2 Å². The van der Waals surface area contributed by atoms with Gasteiger partial charge in [-0.1, -0.05) is 139 Å². The molecular formula is C38H49O4P. The highest BCUT2D eigenvalue weighted by Gasteiger charge is 2.36. The number of rotatable bonds is 16. The van der Waals surface area contributed by atoms with Crippen LogP contribution in [0.3, 0.4) is 0 Å². The minimum absolute atomic E-state index is 0.507. The molecular weight excluding hydrogens is 551 g/mol. The lowest BCUT2D eigenvalue weighted by molar-refractivity contribution is 0.292. The van der Waals surface area contributed by atoms with Gasteiger partial charge in [-0.2, -0.15) is 0 Å². The Balaban J connectivity index is 1.56. The predicted octanol–water partition coefficient (Wildman–Crippen LogP) is 12.1. The number of phosphoric ester groups is 1. The molecule has 0 unspecified atom stereocenters. The van der Waals surface area contributed by atoms with Gasteiger partial charge in [0, 0.05) is 11.1 Å². The zero-order valence-electron chi connectivity index (χ0n) is 26.2. The van der Waals surface area contributed by atoms with Crippen LogP contribution < -0.4 is 9.05 Å². The molecule has 0 atom stereocenters. The van der Waals surface area contributed by atoms with Crippen molar-refractivity contribution in [1.82, 2.24) is 0 Å². The van der Waals surface area contributed by atoms with Crippen molar-refractivity contribution >= 4 is 29.4 Å². The van der Waals surface area contributed by atoms with E-state index in [2.05, 4.69) is 62.4 Å². The van der Waals surface area contributed by atoms with E-state index in [1.807, 2.05) is 12.1 Å². The molecule has 0 saturated carbocycles. The maximum Gasteiger partial charge on any atom is 0.584 e. The van der Waals surface area contributed by atoms with Crippen molar-refractivity contribution in [2.75, 3.05) is 0 Å². The summed E-state index contributed by atoms with van der Waals surface area (Å²) in [6.07, 6.45) is 18.6. The molecule has 0 aliphatic carbocycles. The van der Waals surface area contributed by atoms with E-state index in [0.717, 1.165) is 82.3 Å². The van der Waals surface area contributed by atoms with Gasteiger partial charge in [0.1, 0.15) is 11.5 Å². The lowest BCUT2D eigenvalue weighted by atomic mass is 9.87. The van der Waals surface area contributed by atoms with Gasteiger partial charge in [0.25, 0.3) is 0 Å². The summed E-state index contributed by atoms with van der Waals surface area (Å²) in [5.41, 5.74) is 3.73. The third-order valence-electron chi connectivity index (χ3n) is 8.92. The minimum Gasteiger partial charge on any atom is -0.394 e. The number of hydrogen-bond acceptors (Lipinski definition) is 3. The van der Waals surface area contributed by atoms with Gasteiger partial charge in [-0.15, -0.1) is 0 Å². The Kier molecular flexibility index (Phi) is 11.2. The monoisotopic (exact) mass is 600 g/mol. The Morgan fingerprint density at radius 3 is 1.35 bits per heavy atom. The quantitative estimate of drug-likeness (QED) is 0.103. The van der Waals surface area contributed by atoms with E-state index in [-0.39, 0.29) is 0 Å². The normalized spacial score (nSPS) is 13.7. The van der Waals surface area contributed by atoms with E-state index < -0.39 is 7.82 Å². The maximum atomic E-state index is 13.6. The second-order valence-electron chi connectivity index (χ2n) is 12.3. The molecule has 1 heterocycles. The molecule has 43 heavy (non-hydrogen) atoms. The molecule has 230 valence electrons. The molecule has 4 nitrogen and oxygen atoms in total. The van der Waals surface area contributed by atoms with Crippen molar-refractivity contribution in [1.29, 1.82) is 0 Å². The minimum atomic E-state index is -4.42. The van der Waals surface area contributed by atoms with Gasteiger partial charge in [-0.05, 0) is 70.5 Å². The maximum absolute atomic E-state index is 13.6. The first-order valence-electron chi connectivity index (χ1n) is 16.8. The molecule has 4 aromatic carbocycles. The van der Waals surface area contributed by atoms with Crippen molar-refractivity contribution in [3.63, 3.8) is 0 Å². The van der Waals surface area contributed by atoms with E-state index in [1.54, 1.807) is 0 Å². The van der Waals surface area contributed by atoms with Crippen molar-refractivity contribution in [2.24, 2.45) is 0 Å². The van der Waals surface area contributed by atoms with Gasteiger partial charge in [0.05, 0.1) is 0 Å². The number of hydrogen-bond donors (Lipinski definition) is 1. The van der Waals surface area contributed by atoms with E-state index >= 15 is 0 Å². The molecule has 0 spiro atoms. The van der Waals surface area contributed by atoms with Crippen LogP contribution >= 0.6 is 7.82 Å². The Bertz CT molecular complexity index is 1450. The SMILES string of the molecule is CCCCCCCCCc1cc2ccccc2c2c1OP(=O)(O)Oc1c(CCCCCCCCC)cc3ccccc3c1-2. The molecule has 0 saturated heterocycles. The van der Waals surface area contributed by atoms with Crippen LogP contribution in [0.15, 0.2) is 60.7 Å².